The van der Waals surface area contributed by atoms with Crippen molar-refractivity contribution in [2.24, 2.45) is 0 Å². The van der Waals surface area contributed by atoms with Crippen molar-refractivity contribution >= 4 is 17.3 Å². The third-order valence-corrected chi connectivity index (χ3v) is 2.83. The number of aromatic nitrogens is 1. The second-order valence-electron chi connectivity index (χ2n) is 3.16. The van der Waals surface area contributed by atoms with Crippen molar-refractivity contribution in [3.05, 3.63) is 16.1 Å². The van der Waals surface area contributed by atoms with Crippen LogP contribution in [0.15, 0.2) is 0 Å². The first kappa shape index (κ1) is 10.2. The average Bonchev–Trinajstić information content (AvgIpc) is 2.47. The Hall–Kier alpha value is -0.900. The summed E-state index contributed by atoms with van der Waals surface area (Å²) < 4.78 is 0. The van der Waals surface area contributed by atoms with E-state index in [1.54, 1.807) is 0 Å². The Morgan fingerprint density at radius 3 is 2.92 bits per heavy atom. The molecule has 0 bridgehead atoms. The van der Waals surface area contributed by atoms with Gasteiger partial charge >= 0.3 is 5.97 Å². The quantitative estimate of drug-likeness (QED) is 0.805. The van der Waals surface area contributed by atoms with Crippen molar-refractivity contribution in [1.29, 1.82) is 0 Å². The minimum Gasteiger partial charge on any atom is -0.481 e. The van der Waals surface area contributed by atoms with Crippen LogP contribution in [0.25, 0.3) is 0 Å². The molecule has 0 amide bonds. The molecule has 1 rings (SSSR count). The number of aliphatic carboxylic acids is 1. The Bertz CT molecular complexity index is 294. The first-order valence-electron chi connectivity index (χ1n) is 4.18. The van der Waals surface area contributed by atoms with Crippen LogP contribution in [0, 0.1) is 5.51 Å². The zero-order valence-corrected chi connectivity index (χ0v) is 8.52. The molecule has 4 heteroatoms. The molecule has 1 N–H and O–H groups in total. The first-order chi connectivity index (χ1) is 6.11. The zero-order chi connectivity index (χ0) is 9.84. The monoisotopic (exact) mass is 198 g/mol. The lowest BCUT2D eigenvalue weighted by atomic mass is 10.1. The number of carboxylic acids is 1. The van der Waals surface area contributed by atoms with E-state index in [1.807, 2.05) is 0 Å². The molecule has 3 nitrogen and oxygen atoms in total. The summed E-state index contributed by atoms with van der Waals surface area (Å²) in [7, 11) is 0. The summed E-state index contributed by atoms with van der Waals surface area (Å²) in [4.78, 5) is 15.5. The van der Waals surface area contributed by atoms with Crippen molar-refractivity contribution in [3.63, 3.8) is 0 Å². The van der Waals surface area contributed by atoms with E-state index in [0.717, 1.165) is 10.6 Å². The highest BCUT2D eigenvalue weighted by Crippen LogP contribution is 2.23. The van der Waals surface area contributed by atoms with E-state index in [2.05, 4.69) is 24.3 Å². The first-order valence-corrected chi connectivity index (χ1v) is 5.00. The van der Waals surface area contributed by atoms with E-state index in [0.29, 0.717) is 12.3 Å². The van der Waals surface area contributed by atoms with Gasteiger partial charge in [-0.2, -0.15) is 0 Å². The van der Waals surface area contributed by atoms with Crippen molar-refractivity contribution in [2.45, 2.75) is 32.6 Å². The maximum Gasteiger partial charge on any atom is 0.303 e. The number of thiazole rings is 1. The van der Waals surface area contributed by atoms with Crippen LogP contribution in [0.4, 0.5) is 0 Å². The summed E-state index contributed by atoms with van der Waals surface area (Å²) in [6.07, 6.45) is 0.667. The van der Waals surface area contributed by atoms with Gasteiger partial charge in [-0.25, -0.2) is 4.98 Å². The predicted octanol–water partition coefficient (Wildman–Crippen LogP) is 2.08. The van der Waals surface area contributed by atoms with Gasteiger partial charge in [0.25, 0.3) is 0 Å². The molecular weight excluding hydrogens is 186 g/mol. The molecule has 0 aliphatic rings. The summed E-state index contributed by atoms with van der Waals surface area (Å²) in [5.41, 5.74) is 3.69. The normalized spacial score (nSPS) is 10.7. The molecule has 1 aromatic heterocycles. The topological polar surface area (TPSA) is 50.2 Å². The molecule has 0 unspecified atom stereocenters. The molecule has 0 atom stereocenters. The molecule has 0 aliphatic carbocycles. The highest BCUT2D eigenvalue weighted by atomic mass is 32.1. The minimum atomic E-state index is -0.775. The third kappa shape index (κ3) is 2.81. The summed E-state index contributed by atoms with van der Waals surface area (Å²) in [6.45, 7) is 4.15. The number of hydrogen-bond donors (Lipinski definition) is 1. The zero-order valence-electron chi connectivity index (χ0n) is 7.70. The molecule has 0 saturated heterocycles. The highest BCUT2D eigenvalue weighted by Gasteiger charge is 2.11. The maximum atomic E-state index is 10.3. The largest absolute Gasteiger partial charge is 0.481 e. The number of nitrogens with zero attached hydrogens (tertiary/aromatic N) is 1. The molecule has 1 heterocycles. The van der Waals surface area contributed by atoms with Gasteiger partial charge in [0, 0.05) is 11.3 Å². The molecule has 0 aromatic carbocycles. The number of carboxylic acid groups (broad SMARTS) is 1. The lowest BCUT2D eigenvalue weighted by molar-refractivity contribution is -0.136. The number of hydrogen-bond acceptors (Lipinski definition) is 3. The molecule has 13 heavy (non-hydrogen) atoms. The predicted molar refractivity (Wildman–Crippen MR) is 51.0 cm³/mol. The van der Waals surface area contributed by atoms with E-state index >= 15 is 0 Å². The summed E-state index contributed by atoms with van der Waals surface area (Å²) >= 11 is 1.48. The lowest BCUT2D eigenvalue weighted by Crippen LogP contribution is -2.00. The Labute approximate surface area is 81.4 Å². The highest BCUT2D eigenvalue weighted by molar-refractivity contribution is 7.09. The van der Waals surface area contributed by atoms with Crippen molar-refractivity contribution in [2.75, 3.05) is 0 Å². The Balaban J connectivity index is 2.65. The van der Waals surface area contributed by atoms with Gasteiger partial charge in [-0.3, -0.25) is 4.79 Å². The summed E-state index contributed by atoms with van der Waals surface area (Å²) in [6, 6.07) is 0. The van der Waals surface area contributed by atoms with Gasteiger partial charge in [0.1, 0.15) is 0 Å². The van der Waals surface area contributed by atoms with Crippen LogP contribution < -0.4 is 0 Å². The third-order valence-electron chi connectivity index (χ3n) is 1.72. The van der Waals surface area contributed by atoms with Crippen LogP contribution in [0.5, 0.6) is 0 Å². The number of carbonyl (C=O) groups is 1. The fourth-order valence-corrected chi connectivity index (χ4v) is 1.85. The number of aryl methyl sites for hydroxylation is 1. The molecule has 1 aromatic rings. The van der Waals surface area contributed by atoms with Crippen molar-refractivity contribution in [1.82, 2.24) is 4.98 Å². The Kier molecular flexibility index (Phi) is 3.42. The van der Waals surface area contributed by atoms with E-state index in [9.17, 15) is 4.79 Å². The molecular formula is C9H12NO2S. The van der Waals surface area contributed by atoms with Gasteiger partial charge in [-0.05, 0) is 5.92 Å². The van der Waals surface area contributed by atoms with Crippen LogP contribution in [-0.2, 0) is 11.2 Å². The maximum absolute atomic E-state index is 10.3. The van der Waals surface area contributed by atoms with Crippen LogP contribution >= 0.6 is 11.3 Å². The van der Waals surface area contributed by atoms with E-state index in [-0.39, 0.29) is 6.42 Å². The van der Waals surface area contributed by atoms with Crippen molar-refractivity contribution in [3.8, 4) is 0 Å². The van der Waals surface area contributed by atoms with E-state index in [1.165, 1.54) is 11.3 Å². The second kappa shape index (κ2) is 4.37. The van der Waals surface area contributed by atoms with Gasteiger partial charge < -0.3 is 5.11 Å². The molecule has 0 fully saturated rings. The molecule has 0 saturated carbocycles. The van der Waals surface area contributed by atoms with E-state index < -0.39 is 5.97 Å². The van der Waals surface area contributed by atoms with Gasteiger partial charge in [-0.15, -0.1) is 11.3 Å². The second-order valence-corrected chi connectivity index (χ2v) is 3.99. The SMILES string of the molecule is CC(C)c1s[c]nc1CCC(=O)O. The van der Waals surface area contributed by atoms with Crippen molar-refractivity contribution < 1.29 is 9.90 Å². The summed E-state index contributed by atoms with van der Waals surface area (Å²) in [5, 5.41) is 8.51. The molecule has 1 radical (unpaired) electrons. The van der Waals surface area contributed by atoms with Gasteiger partial charge in [0.2, 0.25) is 0 Å². The van der Waals surface area contributed by atoms with Gasteiger partial charge in [-0.1, -0.05) is 13.8 Å². The van der Waals surface area contributed by atoms with Crippen LogP contribution in [0.2, 0.25) is 0 Å². The van der Waals surface area contributed by atoms with Crippen LogP contribution in [0.3, 0.4) is 0 Å². The minimum absolute atomic E-state index is 0.150. The molecule has 0 aliphatic heterocycles. The fourth-order valence-electron chi connectivity index (χ4n) is 1.10. The Morgan fingerprint density at radius 1 is 1.69 bits per heavy atom. The van der Waals surface area contributed by atoms with Crippen LogP contribution in [0.1, 0.15) is 36.8 Å². The Morgan fingerprint density at radius 2 is 2.38 bits per heavy atom. The molecule has 71 valence electrons. The van der Waals surface area contributed by atoms with E-state index in [4.69, 9.17) is 5.11 Å². The fraction of sp³-hybridized carbons (Fsp3) is 0.556. The smallest absolute Gasteiger partial charge is 0.303 e. The average molecular weight is 198 g/mol. The number of rotatable bonds is 4. The summed E-state index contributed by atoms with van der Waals surface area (Å²) in [5.74, 6) is -0.366. The van der Waals surface area contributed by atoms with Crippen LogP contribution in [-0.4, -0.2) is 16.1 Å². The van der Waals surface area contributed by atoms with Gasteiger partial charge in [0.05, 0.1) is 12.1 Å². The lowest BCUT2D eigenvalue weighted by Gasteiger charge is -2.03. The standard InChI is InChI=1S/C9H12NO2S/c1-6(2)9-7(10-5-13-9)3-4-8(11)12/h6H,3-4H2,1-2H3,(H,11,12). The molecule has 0 spiro atoms. The van der Waals surface area contributed by atoms with Gasteiger partial charge in [0.15, 0.2) is 5.51 Å².